The first-order valence-electron chi connectivity index (χ1n) is 13.5. The number of carbonyl (C=O) groups excluding carboxylic acids is 1. The van der Waals surface area contributed by atoms with Gasteiger partial charge in [-0.05, 0) is 68.0 Å². The van der Waals surface area contributed by atoms with Crippen LogP contribution in [0.3, 0.4) is 0 Å². The van der Waals surface area contributed by atoms with E-state index in [2.05, 4.69) is 61.8 Å². The number of hydrogen-bond acceptors (Lipinski definition) is 5. The zero-order valence-corrected chi connectivity index (χ0v) is 23.4. The third-order valence-corrected chi connectivity index (χ3v) is 5.65. The molecule has 0 saturated carbocycles. The van der Waals surface area contributed by atoms with E-state index >= 15 is 0 Å². The summed E-state index contributed by atoms with van der Waals surface area (Å²) in [6.07, 6.45) is 5.08. The van der Waals surface area contributed by atoms with Gasteiger partial charge in [-0.3, -0.25) is 0 Å². The van der Waals surface area contributed by atoms with Crippen molar-refractivity contribution in [3.8, 4) is 5.75 Å². The van der Waals surface area contributed by atoms with Crippen LogP contribution in [0.4, 0.5) is 5.82 Å². The standard InChI is InChI=1S/C15H16O.C14H20N2O2.C3H8/c1-2-13-8-10-15(11-9-13)16-12-14-6-4-3-5-7-14;1-10(2)18-14(17)12-5-4-7-15-13(12)16-8-6-11(3)9-16;1-3-2/h3-11H,2,12H2,1H3;4-5,7,10-11H,6,8-9H2,1-3H3;3H2,1-2H3. The number of aryl methyl sites for hydroxylation is 1. The molecule has 1 fully saturated rings. The average Bonchev–Trinajstić information content (AvgIpc) is 3.35. The number of pyridine rings is 1. The summed E-state index contributed by atoms with van der Waals surface area (Å²) in [4.78, 5) is 18.5. The molecule has 0 N–H and O–H groups in total. The molecule has 200 valence electrons. The van der Waals surface area contributed by atoms with Crippen LogP contribution in [-0.4, -0.2) is 30.1 Å². The molecular weight excluding hydrogens is 460 g/mol. The van der Waals surface area contributed by atoms with Crippen LogP contribution < -0.4 is 9.64 Å². The van der Waals surface area contributed by atoms with Crippen LogP contribution in [0.1, 0.15) is 75.9 Å². The van der Waals surface area contributed by atoms with Crippen molar-refractivity contribution in [1.82, 2.24) is 4.98 Å². The molecule has 2 heterocycles. The van der Waals surface area contributed by atoms with Gasteiger partial charge in [0.2, 0.25) is 0 Å². The lowest BCUT2D eigenvalue weighted by Crippen LogP contribution is -2.24. The zero-order chi connectivity index (χ0) is 27.0. The average molecular weight is 505 g/mol. The Labute approximate surface area is 223 Å². The molecule has 2 aromatic carbocycles. The monoisotopic (exact) mass is 504 g/mol. The minimum atomic E-state index is -0.285. The molecule has 4 rings (SSSR count). The summed E-state index contributed by atoms with van der Waals surface area (Å²) in [5.41, 5.74) is 3.11. The molecule has 5 heteroatoms. The Balaban J connectivity index is 0.000000237. The van der Waals surface area contributed by atoms with Crippen molar-refractivity contribution < 1.29 is 14.3 Å². The molecule has 1 aliphatic rings. The van der Waals surface area contributed by atoms with Crippen molar-refractivity contribution in [2.24, 2.45) is 5.92 Å². The van der Waals surface area contributed by atoms with Crippen molar-refractivity contribution in [3.63, 3.8) is 0 Å². The maximum absolute atomic E-state index is 12.0. The highest BCUT2D eigenvalue weighted by Gasteiger charge is 2.25. The summed E-state index contributed by atoms with van der Waals surface area (Å²) in [7, 11) is 0. The number of benzene rings is 2. The van der Waals surface area contributed by atoms with E-state index in [1.165, 1.54) is 17.5 Å². The van der Waals surface area contributed by atoms with Crippen LogP contribution in [0.5, 0.6) is 5.75 Å². The first-order valence-corrected chi connectivity index (χ1v) is 13.5. The van der Waals surface area contributed by atoms with Crippen molar-refractivity contribution in [1.29, 1.82) is 0 Å². The molecule has 0 aliphatic carbocycles. The van der Waals surface area contributed by atoms with Gasteiger partial charge >= 0.3 is 5.97 Å². The SMILES string of the molecule is CC1CCN(c2ncccc2C(=O)OC(C)C)C1.CCC.CCc1ccc(OCc2ccccc2)cc1. The van der Waals surface area contributed by atoms with Crippen LogP contribution >= 0.6 is 0 Å². The van der Waals surface area contributed by atoms with Gasteiger partial charge in [0.25, 0.3) is 0 Å². The summed E-state index contributed by atoms with van der Waals surface area (Å²) < 4.78 is 10.9. The van der Waals surface area contributed by atoms with Crippen LogP contribution in [0.2, 0.25) is 0 Å². The highest BCUT2D eigenvalue weighted by molar-refractivity contribution is 5.94. The maximum Gasteiger partial charge on any atom is 0.342 e. The topological polar surface area (TPSA) is 51.7 Å². The molecule has 0 radical (unpaired) electrons. The predicted octanol–water partition coefficient (Wildman–Crippen LogP) is 7.74. The fraction of sp³-hybridized carbons (Fsp3) is 0.438. The van der Waals surface area contributed by atoms with Crippen LogP contribution in [0.15, 0.2) is 72.9 Å². The normalized spacial score (nSPS) is 14.2. The van der Waals surface area contributed by atoms with E-state index in [0.717, 1.165) is 37.5 Å². The van der Waals surface area contributed by atoms with E-state index in [9.17, 15) is 4.79 Å². The number of ether oxygens (including phenoxy) is 2. The molecule has 1 atom stereocenters. The Kier molecular flexibility index (Phi) is 13.3. The molecule has 1 aliphatic heterocycles. The molecule has 5 nitrogen and oxygen atoms in total. The minimum Gasteiger partial charge on any atom is -0.489 e. The largest absolute Gasteiger partial charge is 0.489 e. The Morgan fingerprint density at radius 1 is 0.973 bits per heavy atom. The molecule has 1 unspecified atom stereocenters. The van der Waals surface area contributed by atoms with Crippen molar-refractivity contribution in [2.75, 3.05) is 18.0 Å². The maximum atomic E-state index is 12.0. The molecule has 1 aromatic heterocycles. The van der Waals surface area contributed by atoms with E-state index in [4.69, 9.17) is 9.47 Å². The number of nitrogens with zero attached hydrogens (tertiary/aromatic N) is 2. The summed E-state index contributed by atoms with van der Waals surface area (Å²) in [5.74, 6) is 2.06. The van der Waals surface area contributed by atoms with Crippen LogP contribution in [0, 0.1) is 5.92 Å². The van der Waals surface area contributed by atoms with E-state index < -0.39 is 0 Å². The van der Waals surface area contributed by atoms with E-state index in [-0.39, 0.29) is 12.1 Å². The van der Waals surface area contributed by atoms with Gasteiger partial charge in [0, 0.05) is 19.3 Å². The third kappa shape index (κ3) is 10.7. The summed E-state index contributed by atoms with van der Waals surface area (Å²) in [6.45, 7) is 14.9. The fourth-order valence-electron chi connectivity index (χ4n) is 3.78. The van der Waals surface area contributed by atoms with Crippen molar-refractivity contribution >= 4 is 11.8 Å². The number of esters is 1. The molecule has 0 amide bonds. The van der Waals surface area contributed by atoms with E-state index in [0.29, 0.717) is 18.1 Å². The molecule has 3 aromatic rings. The van der Waals surface area contributed by atoms with Crippen molar-refractivity contribution in [2.45, 2.75) is 73.5 Å². The second kappa shape index (κ2) is 16.4. The summed E-state index contributed by atoms with van der Waals surface area (Å²) in [5, 5.41) is 0. The first kappa shape index (κ1) is 29.9. The van der Waals surface area contributed by atoms with Gasteiger partial charge in [0.05, 0.1) is 6.10 Å². The molecular formula is C32H44N2O3. The smallest absolute Gasteiger partial charge is 0.342 e. The highest BCUT2D eigenvalue weighted by Crippen LogP contribution is 2.25. The Morgan fingerprint density at radius 2 is 1.65 bits per heavy atom. The van der Waals surface area contributed by atoms with E-state index in [1.807, 2.05) is 44.2 Å². The van der Waals surface area contributed by atoms with Gasteiger partial charge in [0.15, 0.2) is 0 Å². The number of aromatic nitrogens is 1. The highest BCUT2D eigenvalue weighted by atomic mass is 16.5. The molecule has 0 bridgehead atoms. The number of carbonyl (C=O) groups is 1. The second-order valence-electron chi connectivity index (χ2n) is 9.65. The molecule has 1 saturated heterocycles. The lowest BCUT2D eigenvalue weighted by atomic mass is 10.2. The minimum absolute atomic E-state index is 0.108. The number of hydrogen-bond donors (Lipinski definition) is 0. The van der Waals surface area contributed by atoms with Crippen LogP contribution in [-0.2, 0) is 17.8 Å². The van der Waals surface area contributed by atoms with Gasteiger partial charge in [0.1, 0.15) is 23.7 Å². The second-order valence-corrected chi connectivity index (χ2v) is 9.65. The molecule has 37 heavy (non-hydrogen) atoms. The number of anilines is 1. The van der Waals surface area contributed by atoms with Gasteiger partial charge in [-0.15, -0.1) is 0 Å². The lowest BCUT2D eigenvalue weighted by molar-refractivity contribution is 0.0378. The first-order chi connectivity index (χ1) is 17.9. The summed E-state index contributed by atoms with van der Waals surface area (Å²) in [6, 6.07) is 22.1. The number of rotatable bonds is 7. The lowest BCUT2D eigenvalue weighted by Gasteiger charge is -2.20. The van der Waals surface area contributed by atoms with Gasteiger partial charge in [-0.1, -0.05) is 76.6 Å². The Bertz CT molecular complexity index is 1040. The van der Waals surface area contributed by atoms with Gasteiger partial charge in [-0.2, -0.15) is 0 Å². The zero-order valence-electron chi connectivity index (χ0n) is 23.4. The van der Waals surface area contributed by atoms with Gasteiger partial charge < -0.3 is 14.4 Å². The third-order valence-electron chi connectivity index (χ3n) is 5.65. The van der Waals surface area contributed by atoms with Crippen molar-refractivity contribution in [3.05, 3.63) is 89.6 Å². The quantitative estimate of drug-likeness (QED) is 0.308. The Morgan fingerprint density at radius 3 is 2.22 bits per heavy atom. The predicted molar refractivity (Wildman–Crippen MR) is 153 cm³/mol. The summed E-state index contributed by atoms with van der Waals surface area (Å²) >= 11 is 0. The van der Waals surface area contributed by atoms with Crippen LogP contribution in [0.25, 0.3) is 0 Å². The molecule has 0 spiro atoms. The van der Waals surface area contributed by atoms with E-state index in [1.54, 1.807) is 18.3 Å². The fourth-order valence-corrected chi connectivity index (χ4v) is 3.78. The van der Waals surface area contributed by atoms with Gasteiger partial charge in [-0.25, -0.2) is 9.78 Å². The Hall–Kier alpha value is -3.34.